The Morgan fingerprint density at radius 2 is 2.03 bits per heavy atom. The Morgan fingerprint density at radius 3 is 2.62 bits per heavy atom. The quantitative estimate of drug-likeness (QED) is 0.531. The fraction of sp³-hybridized carbons (Fsp3) is 0.522. The normalized spacial score (nSPS) is 21.6. The topological polar surface area (TPSA) is 129 Å². The van der Waals surface area contributed by atoms with Crippen LogP contribution in [0.2, 0.25) is 0 Å². The van der Waals surface area contributed by atoms with Crippen LogP contribution in [0.4, 0.5) is 4.79 Å². The molecule has 3 aliphatic rings. The number of aromatic nitrogens is 1. The predicted octanol–water partition coefficient (Wildman–Crippen LogP) is 3.43. The van der Waals surface area contributed by atoms with Crippen molar-refractivity contribution in [2.75, 3.05) is 13.1 Å². The van der Waals surface area contributed by atoms with Gasteiger partial charge in [0.15, 0.2) is 11.1 Å². The molecule has 2 unspecified atom stereocenters. The van der Waals surface area contributed by atoms with Crippen LogP contribution in [0.15, 0.2) is 24.4 Å². The third kappa shape index (κ3) is 4.37. The number of nitrogens with zero attached hydrogens (tertiary/aromatic N) is 2. The lowest BCUT2D eigenvalue weighted by molar-refractivity contribution is -0.147. The molecule has 9 nitrogen and oxygen atoms in total. The summed E-state index contributed by atoms with van der Waals surface area (Å²) in [6, 6.07) is 5.46. The zero-order valence-electron chi connectivity index (χ0n) is 18.8. The minimum atomic E-state index is -1.96. The standard InChI is InChI=1S/C23H27N3O6S2/c1-14(34(30)31)15-2-3-17(24-12-15)13-25-20(27)18-10-16-11-22(4-5-22)32-23(19(16)33-18)6-8-26(9-7-23)21(28)29/h2-3,10,12,14H,4-9,11,13H2,1H3,(H,25,27)(H,28,29)(H,30,31). The molecule has 2 aromatic rings. The van der Waals surface area contributed by atoms with E-state index in [1.807, 2.05) is 6.07 Å². The molecule has 1 saturated carbocycles. The highest BCUT2D eigenvalue weighted by molar-refractivity contribution is 7.79. The number of likely N-dealkylation sites (tertiary alicyclic amines) is 1. The van der Waals surface area contributed by atoms with Gasteiger partial charge in [-0.2, -0.15) is 0 Å². The molecule has 3 N–H and O–H groups in total. The highest BCUT2D eigenvalue weighted by Gasteiger charge is 2.56. The van der Waals surface area contributed by atoms with Crippen LogP contribution in [-0.4, -0.2) is 54.4 Å². The number of fused-ring (bicyclic) bond motifs is 2. The SMILES string of the molecule is CC(c1ccc(CNC(=O)c2cc3c(s2)C2(CCN(C(=O)O)CC2)OC2(CC2)C3)nc1)S(=O)O. The van der Waals surface area contributed by atoms with Crippen LogP contribution in [0, 0.1) is 0 Å². The van der Waals surface area contributed by atoms with Crippen LogP contribution < -0.4 is 5.32 Å². The van der Waals surface area contributed by atoms with Crippen molar-refractivity contribution in [1.82, 2.24) is 15.2 Å². The average Bonchev–Trinajstić information content (AvgIpc) is 3.40. The van der Waals surface area contributed by atoms with Crippen molar-refractivity contribution >= 4 is 34.4 Å². The first-order chi connectivity index (χ1) is 16.2. The molecule has 0 radical (unpaired) electrons. The van der Waals surface area contributed by atoms with E-state index in [0.29, 0.717) is 42.1 Å². The summed E-state index contributed by atoms with van der Waals surface area (Å²) in [4.78, 5) is 31.8. The lowest BCUT2D eigenvalue weighted by atomic mass is 9.83. The van der Waals surface area contributed by atoms with Gasteiger partial charge < -0.3 is 24.6 Å². The molecular weight excluding hydrogens is 478 g/mol. The molecule has 34 heavy (non-hydrogen) atoms. The lowest BCUT2D eigenvalue weighted by Gasteiger charge is -2.46. The zero-order valence-corrected chi connectivity index (χ0v) is 20.4. The Hall–Kier alpha value is -2.34. The van der Waals surface area contributed by atoms with Crippen molar-refractivity contribution in [1.29, 1.82) is 0 Å². The molecule has 2 fully saturated rings. The summed E-state index contributed by atoms with van der Waals surface area (Å²) in [5, 5.41) is 11.7. The number of pyridine rings is 1. The van der Waals surface area contributed by atoms with Crippen molar-refractivity contribution in [2.24, 2.45) is 0 Å². The summed E-state index contributed by atoms with van der Waals surface area (Å²) in [5.74, 6) is -0.182. The van der Waals surface area contributed by atoms with E-state index in [1.165, 1.54) is 16.2 Å². The fourth-order valence-electron chi connectivity index (χ4n) is 4.86. The molecule has 2 spiro atoms. The second-order valence-corrected chi connectivity index (χ2v) is 11.7. The summed E-state index contributed by atoms with van der Waals surface area (Å²) in [6.07, 6.45) is 4.65. The number of hydrogen-bond acceptors (Lipinski definition) is 6. The molecule has 5 rings (SSSR count). The fourth-order valence-corrected chi connectivity index (χ4v) is 6.52. The van der Waals surface area contributed by atoms with E-state index in [9.17, 15) is 23.5 Å². The van der Waals surface area contributed by atoms with E-state index in [0.717, 1.165) is 29.7 Å². The average molecular weight is 506 g/mol. The maximum Gasteiger partial charge on any atom is 0.407 e. The zero-order chi connectivity index (χ0) is 24.1. The van der Waals surface area contributed by atoms with Gasteiger partial charge in [-0.1, -0.05) is 6.07 Å². The number of thiophene rings is 1. The second kappa shape index (κ2) is 8.71. The number of nitrogens with one attached hydrogen (secondary N) is 1. The molecule has 11 heteroatoms. The summed E-state index contributed by atoms with van der Waals surface area (Å²) in [5.41, 5.74) is 1.80. The van der Waals surface area contributed by atoms with E-state index < -0.39 is 28.0 Å². The van der Waals surface area contributed by atoms with Gasteiger partial charge in [-0.05, 0) is 55.9 Å². The van der Waals surface area contributed by atoms with E-state index >= 15 is 0 Å². The smallest absolute Gasteiger partial charge is 0.407 e. The van der Waals surface area contributed by atoms with Crippen LogP contribution in [0.5, 0.6) is 0 Å². The van der Waals surface area contributed by atoms with Crippen LogP contribution in [0.25, 0.3) is 0 Å². The lowest BCUT2D eigenvalue weighted by Crippen LogP contribution is -2.50. The Labute approximate surface area is 203 Å². The number of ether oxygens (including phenoxy) is 1. The largest absolute Gasteiger partial charge is 0.465 e. The molecule has 2 amide bonds. The first-order valence-corrected chi connectivity index (χ1v) is 13.3. The number of carbonyl (C=O) groups is 2. The number of carboxylic acid groups (broad SMARTS) is 1. The van der Waals surface area contributed by atoms with E-state index in [2.05, 4.69) is 10.3 Å². The number of hydrogen-bond donors (Lipinski definition) is 3. The number of carbonyl (C=O) groups excluding carboxylic acids is 1. The molecule has 2 aromatic heterocycles. The van der Waals surface area contributed by atoms with E-state index in [1.54, 1.807) is 25.3 Å². The Bertz CT molecular complexity index is 1140. The molecule has 2 atom stereocenters. The molecule has 182 valence electrons. The molecule has 1 saturated heterocycles. The third-order valence-electron chi connectivity index (χ3n) is 7.07. The van der Waals surface area contributed by atoms with Crippen LogP contribution >= 0.6 is 11.3 Å². The van der Waals surface area contributed by atoms with Crippen molar-refractivity contribution in [3.8, 4) is 0 Å². The molecule has 2 aliphatic heterocycles. The highest BCUT2D eigenvalue weighted by atomic mass is 32.2. The third-order valence-corrected chi connectivity index (χ3v) is 9.31. The maximum atomic E-state index is 13.0. The van der Waals surface area contributed by atoms with Crippen molar-refractivity contribution in [3.05, 3.63) is 51.0 Å². The summed E-state index contributed by atoms with van der Waals surface area (Å²) in [6.45, 7) is 2.75. The van der Waals surface area contributed by atoms with Crippen LogP contribution in [0.3, 0.4) is 0 Å². The van der Waals surface area contributed by atoms with Gasteiger partial charge in [-0.3, -0.25) is 9.78 Å². The summed E-state index contributed by atoms with van der Waals surface area (Å²) >= 11 is -0.515. The Kier molecular flexibility index (Phi) is 5.99. The number of piperidine rings is 1. The maximum absolute atomic E-state index is 13.0. The first-order valence-electron chi connectivity index (χ1n) is 11.3. The van der Waals surface area contributed by atoms with Gasteiger partial charge in [0.2, 0.25) is 0 Å². The Morgan fingerprint density at radius 1 is 1.29 bits per heavy atom. The van der Waals surface area contributed by atoms with Crippen molar-refractivity contribution in [3.63, 3.8) is 0 Å². The molecule has 1 aliphatic carbocycles. The van der Waals surface area contributed by atoms with Gasteiger partial charge in [0.1, 0.15) is 5.60 Å². The van der Waals surface area contributed by atoms with Crippen LogP contribution in [0.1, 0.15) is 69.2 Å². The van der Waals surface area contributed by atoms with E-state index in [4.69, 9.17) is 4.74 Å². The molecule has 0 aromatic carbocycles. The van der Waals surface area contributed by atoms with Gasteiger partial charge in [-0.25, -0.2) is 9.00 Å². The molecule has 4 heterocycles. The first kappa shape index (κ1) is 23.4. The van der Waals surface area contributed by atoms with Crippen molar-refractivity contribution < 1.29 is 28.2 Å². The Balaban J connectivity index is 1.30. The van der Waals surface area contributed by atoms with Crippen molar-refractivity contribution in [2.45, 2.75) is 62.0 Å². The van der Waals surface area contributed by atoms with Gasteiger partial charge in [0.05, 0.1) is 28.0 Å². The van der Waals surface area contributed by atoms with Crippen LogP contribution in [-0.2, 0) is 34.4 Å². The summed E-state index contributed by atoms with van der Waals surface area (Å²) in [7, 11) is 0. The number of rotatable bonds is 5. The van der Waals surface area contributed by atoms with Gasteiger partial charge >= 0.3 is 6.09 Å². The highest BCUT2D eigenvalue weighted by Crippen LogP contribution is 2.57. The molecular formula is C23H27N3O6S2. The minimum absolute atomic E-state index is 0.158. The predicted molar refractivity (Wildman–Crippen MR) is 126 cm³/mol. The monoisotopic (exact) mass is 505 g/mol. The second-order valence-electron chi connectivity index (χ2n) is 9.37. The van der Waals surface area contributed by atoms with Gasteiger partial charge in [0, 0.05) is 30.6 Å². The van der Waals surface area contributed by atoms with Gasteiger partial charge in [-0.15, -0.1) is 11.3 Å². The number of amides is 2. The van der Waals surface area contributed by atoms with E-state index in [-0.39, 0.29) is 18.1 Å². The molecule has 0 bridgehead atoms. The minimum Gasteiger partial charge on any atom is -0.465 e. The summed E-state index contributed by atoms with van der Waals surface area (Å²) < 4.78 is 27.1. The van der Waals surface area contributed by atoms with Gasteiger partial charge in [0.25, 0.3) is 5.91 Å².